The van der Waals surface area contributed by atoms with Crippen molar-refractivity contribution in [3.63, 3.8) is 0 Å². The number of nitrogens with zero attached hydrogens (tertiary/aromatic N) is 1. The molecular weight excluding hydrogens is 298 g/mol. The average Bonchev–Trinajstić information content (AvgIpc) is 2.51. The molecule has 0 unspecified atom stereocenters. The van der Waals surface area contributed by atoms with E-state index in [2.05, 4.69) is 34.9 Å². The predicted molar refractivity (Wildman–Crippen MR) is 104 cm³/mol. The minimum Gasteiger partial charge on any atom is -0.462 e. The van der Waals surface area contributed by atoms with Crippen LogP contribution in [0.15, 0.2) is 0 Å². The van der Waals surface area contributed by atoms with Gasteiger partial charge < -0.3 is 9.22 Å². The summed E-state index contributed by atoms with van der Waals surface area (Å²) >= 11 is 0. The lowest BCUT2D eigenvalue weighted by Gasteiger charge is -2.32. The number of rotatable bonds is 16. The van der Waals surface area contributed by atoms with E-state index in [9.17, 15) is 4.79 Å². The van der Waals surface area contributed by atoms with Crippen molar-refractivity contribution in [3.8, 4) is 0 Å². The second kappa shape index (κ2) is 14.7. The molecule has 0 heterocycles. The summed E-state index contributed by atoms with van der Waals surface area (Å²) in [4.78, 5) is 11.8. The van der Waals surface area contributed by atoms with Crippen molar-refractivity contribution in [1.82, 2.24) is 0 Å². The fourth-order valence-corrected chi connectivity index (χ4v) is 2.69. The Hall–Kier alpha value is -0.570. The van der Waals surface area contributed by atoms with Crippen molar-refractivity contribution in [2.45, 2.75) is 104 Å². The Morgan fingerprint density at radius 3 is 1.62 bits per heavy atom. The molecule has 0 aliphatic rings. The van der Waals surface area contributed by atoms with E-state index < -0.39 is 0 Å². The Balaban J connectivity index is 3.32. The Kier molecular flexibility index (Phi) is 14.4. The minimum absolute atomic E-state index is 0.0585. The number of carbonyl (C=O) groups is 1. The van der Waals surface area contributed by atoms with E-state index in [1.165, 1.54) is 70.6 Å². The zero-order chi connectivity index (χ0) is 18.3. The largest absolute Gasteiger partial charge is 0.462 e. The van der Waals surface area contributed by atoms with Gasteiger partial charge in [-0.3, -0.25) is 0 Å². The predicted octanol–water partition coefficient (Wildman–Crippen LogP) is 5.72. The first-order valence-corrected chi connectivity index (χ1v) is 10.4. The molecule has 0 aromatic rings. The first-order valence-electron chi connectivity index (χ1n) is 10.4. The van der Waals surface area contributed by atoms with Crippen LogP contribution in [0, 0.1) is 0 Å². The van der Waals surface area contributed by atoms with Crippen molar-refractivity contribution in [1.29, 1.82) is 0 Å². The molecule has 0 fully saturated rings. The highest BCUT2D eigenvalue weighted by atomic mass is 16.5. The molecule has 24 heavy (non-hydrogen) atoms. The lowest BCUT2D eigenvalue weighted by atomic mass is 10.1. The van der Waals surface area contributed by atoms with E-state index >= 15 is 0 Å². The van der Waals surface area contributed by atoms with Gasteiger partial charge in [-0.1, -0.05) is 77.6 Å². The van der Waals surface area contributed by atoms with Crippen molar-refractivity contribution in [2.75, 3.05) is 27.2 Å². The van der Waals surface area contributed by atoms with Gasteiger partial charge in [0.1, 0.15) is 0 Å². The zero-order valence-electron chi connectivity index (χ0n) is 17.2. The number of hydrogen-bond acceptors (Lipinski definition) is 2. The number of likely N-dealkylation sites (N-methyl/N-ethyl adjacent to an activating group) is 1. The summed E-state index contributed by atoms with van der Waals surface area (Å²) in [6.07, 6.45) is 16.0. The molecule has 0 saturated heterocycles. The fourth-order valence-electron chi connectivity index (χ4n) is 2.69. The molecule has 144 valence electrons. The van der Waals surface area contributed by atoms with E-state index in [1.807, 2.05) is 0 Å². The molecule has 0 rings (SSSR count). The lowest BCUT2D eigenvalue weighted by molar-refractivity contribution is -0.904. The van der Waals surface area contributed by atoms with Crippen LogP contribution >= 0.6 is 0 Å². The normalized spacial score (nSPS) is 11.9. The molecule has 0 aliphatic carbocycles. The van der Waals surface area contributed by atoms with Crippen LogP contribution in [0.25, 0.3) is 0 Å². The summed E-state index contributed by atoms with van der Waals surface area (Å²) in [6, 6.07) is 0.434. The molecular formula is C21H44NO2+. The standard InChI is InChI=1S/C21H44NO2/c1-6-7-8-9-10-11-12-13-14-15-16-17-18-24-21(23)19-22(4,5)20(2)3/h20H,6-19H2,1-5H3/q+1. The van der Waals surface area contributed by atoms with Crippen molar-refractivity contribution in [3.05, 3.63) is 0 Å². The Bertz CT molecular complexity index is 300. The van der Waals surface area contributed by atoms with Crippen molar-refractivity contribution in [2.24, 2.45) is 0 Å². The third kappa shape index (κ3) is 13.8. The van der Waals surface area contributed by atoms with E-state index in [4.69, 9.17) is 4.74 Å². The highest BCUT2D eigenvalue weighted by Gasteiger charge is 2.24. The number of ether oxygens (including phenoxy) is 1. The topological polar surface area (TPSA) is 26.3 Å². The molecule has 0 saturated carbocycles. The summed E-state index contributed by atoms with van der Waals surface area (Å²) < 4.78 is 6.06. The monoisotopic (exact) mass is 342 g/mol. The van der Waals surface area contributed by atoms with Crippen molar-refractivity contribution >= 4 is 5.97 Å². The molecule has 3 nitrogen and oxygen atoms in total. The molecule has 0 radical (unpaired) electrons. The molecule has 0 aromatic carbocycles. The van der Waals surface area contributed by atoms with Crippen LogP contribution in [-0.2, 0) is 9.53 Å². The minimum atomic E-state index is -0.0585. The molecule has 0 aromatic heterocycles. The number of esters is 1. The summed E-state index contributed by atoms with van der Waals surface area (Å²) in [7, 11) is 4.16. The zero-order valence-corrected chi connectivity index (χ0v) is 17.2. The third-order valence-electron chi connectivity index (χ3n) is 5.20. The second-order valence-electron chi connectivity index (χ2n) is 8.14. The van der Waals surface area contributed by atoms with Gasteiger partial charge in [0.05, 0.1) is 26.7 Å². The molecule has 3 heteroatoms. The molecule has 0 aliphatic heterocycles. The molecule has 0 amide bonds. The van der Waals surface area contributed by atoms with Crippen LogP contribution in [0.1, 0.15) is 97.8 Å². The Labute approximate surface area is 151 Å². The molecule has 0 spiro atoms. The smallest absolute Gasteiger partial charge is 0.361 e. The first kappa shape index (κ1) is 23.4. The lowest BCUT2D eigenvalue weighted by Crippen LogP contribution is -2.49. The van der Waals surface area contributed by atoms with Gasteiger partial charge in [-0.2, -0.15) is 0 Å². The van der Waals surface area contributed by atoms with Gasteiger partial charge in [0, 0.05) is 0 Å². The van der Waals surface area contributed by atoms with E-state index in [1.54, 1.807) is 0 Å². The van der Waals surface area contributed by atoms with E-state index in [0.29, 0.717) is 23.7 Å². The molecule has 0 atom stereocenters. The van der Waals surface area contributed by atoms with E-state index in [0.717, 1.165) is 6.42 Å². The van der Waals surface area contributed by atoms with E-state index in [-0.39, 0.29) is 5.97 Å². The fraction of sp³-hybridized carbons (Fsp3) is 0.952. The van der Waals surface area contributed by atoms with Gasteiger partial charge in [-0.25, -0.2) is 4.79 Å². The summed E-state index contributed by atoms with van der Waals surface area (Å²) in [5, 5.41) is 0. The van der Waals surface area contributed by atoms with Crippen LogP contribution in [0.3, 0.4) is 0 Å². The van der Waals surface area contributed by atoms with Gasteiger partial charge in [0.15, 0.2) is 6.54 Å². The Morgan fingerprint density at radius 1 is 0.792 bits per heavy atom. The number of hydrogen-bond donors (Lipinski definition) is 0. The number of carbonyl (C=O) groups excluding carboxylic acids is 1. The highest BCUT2D eigenvalue weighted by Crippen LogP contribution is 2.12. The van der Waals surface area contributed by atoms with Gasteiger partial charge in [0.25, 0.3) is 0 Å². The maximum absolute atomic E-state index is 11.8. The number of unbranched alkanes of at least 4 members (excludes halogenated alkanes) is 11. The summed E-state index contributed by atoms with van der Waals surface area (Å²) in [6.45, 7) is 7.61. The SMILES string of the molecule is CCCCCCCCCCCCCCOC(=O)C[N+](C)(C)C(C)C. The Morgan fingerprint density at radius 2 is 1.21 bits per heavy atom. The maximum Gasteiger partial charge on any atom is 0.361 e. The first-order chi connectivity index (χ1) is 11.4. The van der Waals surface area contributed by atoms with Gasteiger partial charge in [-0.15, -0.1) is 0 Å². The van der Waals surface area contributed by atoms with Gasteiger partial charge >= 0.3 is 5.97 Å². The molecule has 0 N–H and O–H groups in total. The van der Waals surface area contributed by atoms with Crippen LogP contribution in [0.2, 0.25) is 0 Å². The third-order valence-corrected chi connectivity index (χ3v) is 5.20. The number of quaternary nitrogens is 1. The van der Waals surface area contributed by atoms with Crippen molar-refractivity contribution < 1.29 is 14.0 Å². The highest BCUT2D eigenvalue weighted by molar-refractivity contribution is 5.70. The summed E-state index contributed by atoms with van der Waals surface area (Å²) in [5.41, 5.74) is 0. The van der Waals surface area contributed by atoms with Gasteiger partial charge in [0.2, 0.25) is 0 Å². The quantitative estimate of drug-likeness (QED) is 0.204. The van der Waals surface area contributed by atoms with Crippen LogP contribution in [-0.4, -0.2) is 43.7 Å². The van der Waals surface area contributed by atoms with Crippen LogP contribution < -0.4 is 0 Å². The van der Waals surface area contributed by atoms with Gasteiger partial charge in [-0.05, 0) is 20.3 Å². The van der Waals surface area contributed by atoms with Crippen LogP contribution in [0.4, 0.5) is 0 Å². The summed E-state index contributed by atoms with van der Waals surface area (Å²) in [5.74, 6) is -0.0585. The molecule has 0 bridgehead atoms. The average molecular weight is 343 g/mol. The second-order valence-corrected chi connectivity index (χ2v) is 8.14. The van der Waals surface area contributed by atoms with Crippen LogP contribution in [0.5, 0.6) is 0 Å². The maximum atomic E-state index is 11.8.